The fraction of sp³-hybridized carbons (Fsp3) is 0.333. The molecule has 0 aliphatic carbocycles. The number of carbonyl (C=O) groups excluding carboxylic acids is 1. The van der Waals surface area contributed by atoms with E-state index >= 15 is 0 Å². The zero-order valence-electron chi connectivity index (χ0n) is 17.8. The van der Waals surface area contributed by atoms with Gasteiger partial charge in [0.25, 0.3) is 0 Å². The lowest BCUT2D eigenvalue weighted by molar-refractivity contribution is -0.121. The third kappa shape index (κ3) is 4.55. The third-order valence-electron chi connectivity index (χ3n) is 5.57. The number of benzene rings is 2. The number of hydrogen-bond acceptors (Lipinski definition) is 5. The van der Waals surface area contributed by atoms with Crippen LogP contribution in [0.25, 0.3) is 0 Å². The van der Waals surface area contributed by atoms with Gasteiger partial charge in [-0.25, -0.2) is 4.98 Å². The molecule has 6 heteroatoms. The highest BCUT2D eigenvalue weighted by atomic mass is 32.1. The minimum absolute atomic E-state index is 0.0217. The van der Waals surface area contributed by atoms with Crippen molar-refractivity contribution in [1.82, 2.24) is 9.88 Å². The number of thiazole rings is 1. The average Bonchev–Trinajstić information content (AvgIpc) is 3.18. The zero-order valence-corrected chi connectivity index (χ0v) is 18.6. The van der Waals surface area contributed by atoms with E-state index in [9.17, 15) is 4.79 Å². The summed E-state index contributed by atoms with van der Waals surface area (Å²) < 4.78 is 0. The van der Waals surface area contributed by atoms with Gasteiger partial charge in [0.2, 0.25) is 5.91 Å². The second kappa shape index (κ2) is 8.98. The van der Waals surface area contributed by atoms with Crippen molar-refractivity contribution < 1.29 is 4.79 Å². The van der Waals surface area contributed by atoms with Crippen LogP contribution in [0, 0.1) is 20.8 Å². The molecule has 1 unspecified atom stereocenters. The fourth-order valence-electron chi connectivity index (χ4n) is 3.90. The molecule has 1 saturated heterocycles. The van der Waals surface area contributed by atoms with Crippen molar-refractivity contribution in [3.8, 4) is 0 Å². The number of hydrogen-bond donors (Lipinski definition) is 1. The summed E-state index contributed by atoms with van der Waals surface area (Å²) in [6, 6.07) is 15.9. The maximum atomic E-state index is 13.5. The van der Waals surface area contributed by atoms with Gasteiger partial charge in [0.05, 0.1) is 0 Å². The van der Waals surface area contributed by atoms with Crippen molar-refractivity contribution >= 4 is 28.1 Å². The third-order valence-corrected chi connectivity index (χ3v) is 6.55. The minimum atomic E-state index is -0.314. The monoisotopic (exact) mass is 420 g/mol. The van der Waals surface area contributed by atoms with E-state index in [1.807, 2.05) is 56.4 Å². The summed E-state index contributed by atoms with van der Waals surface area (Å²) in [5, 5.41) is 4.26. The van der Waals surface area contributed by atoms with Crippen molar-refractivity contribution in [2.45, 2.75) is 26.8 Å². The molecule has 1 N–H and O–H groups in total. The van der Waals surface area contributed by atoms with Crippen LogP contribution in [-0.4, -0.2) is 42.0 Å². The minimum Gasteiger partial charge on any atom is -0.346 e. The van der Waals surface area contributed by atoms with Crippen molar-refractivity contribution in [2.75, 3.05) is 36.4 Å². The summed E-state index contributed by atoms with van der Waals surface area (Å²) in [5.74, 6) is 0.0217. The second-order valence-corrected chi connectivity index (χ2v) is 9.11. The number of piperazine rings is 1. The van der Waals surface area contributed by atoms with E-state index in [4.69, 9.17) is 0 Å². The van der Waals surface area contributed by atoms with Gasteiger partial charge in [0, 0.05) is 42.9 Å². The summed E-state index contributed by atoms with van der Waals surface area (Å²) in [4.78, 5) is 23.8. The molecule has 156 valence electrons. The maximum Gasteiger partial charge on any atom is 0.246 e. The Kier molecular flexibility index (Phi) is 6.16. The van der Waals surface area contributed by atoms with Crippen LogP contribution in [0.4, 0.5) is 10.8 Å². The molecule has 1 fully saturated rings. The Bertz CT molecular complexity index is 1010. The molecule has 30 heavy (non-hydrogen) atoms. The first-order valence-corrected chi connectivity index (χ1v) is 11.2. The summed E-state index contributed by atoms with van der Waals surface area (Å²) in [7, 11) is 0. The number of anilines is 2. The molecule has 1 aromatic heterocycles. The van der Waals surface area contributed by atoms with Crippen molar-refractivity contribution in [2.24, 2.45) is 0 Å². The number of nitrogens with one attached hydrogen (secondary N) is 1. The highest BCUT2D eigenvalue weighted by molar-refractivity contribution is 7.15. The molecule has 5 nitrogen and oxygen atoms in total. The second-order valence-electron chi connectivity index (χ2n) is 7.90. The number of aromatic nitrogens is 1. The maximum absolute atomic E-state index is 13.5. The van der Waals surface area contributed by atoms with Crippen LogP contribution < -0.4 is 10.2 Å². The Morgan fingerprint density at radius 3 is 2.43 bits per heavy atom. The Labute approximate surface area is 182 Å². The van der Waals surface area contributed by atoms with Gasteiger partial charge in [-0.05, 0) is 43.5 Å². The van der Waals surface area contributed by atoms with Gasteiger partial charge in [0.15, 0.2) is 5.13 Å². The first-order chi connectivity index (χ1) is 14.5. The first-order valence-electron chi connectivity index (χ1n) is 10.4. The normalized spacial score (nSPS) is 15.8. The van der Waals surface area contributed by atoms with Crippen molar-refractivity contribution in [1.29, 1.82) is 0 Å². The molecule has 0 bridgehead atoms. The highest BCUT2D eigenvalue weighted by Gasteiger charge is 2.31. The quantitative estimate of drug-likeness (QED) is 0.657. The van der Waals surface area contributed by atoms with Gasteiger partial charge < -0.3 is 10.2 Å². The first kappa shape index (κ1) is 20.6. The number of rotatable bonds is 5. The van der Waals surface area contributed by atoms with Crippen LogP contribution in [0.3, 0.4) is 0 Å². The van der Waals surface area contributed by atoms with Gasteiger partial charge in [0.1, 0.15) is 6.04 Å². The van der Waals surface area contributed by atoms with Crippen LogP contribution in [0.1, 0.15) is 27.6 Å². The molecule has 0 saturated carbocycles. The molecular formula is C24H28N4OS. The van der Waals surface area contributed by atoms with Gasteiger partial charge in [-0.1, -0.05) is 42.5 Å². The SMILES string of the molecule is Cc1ccc(C)c(NC(=O)C(c2ccccc2)N2CCN(c3ncc(C)s3)CC2)c1. The van der Waals surface area contributed by atoms with Crippen LogP contribution in [-0.2, 0) is 4.79 Å². The van der Waals surface area contributed by atoms with Crippen molar-refractivity contribution in [3.63, 3.8) is 0 Å². The predicted molar refractivity (Wildman–Crippen MR) is 124 cm³/mol. The summed E-state index contributed by atoms with van der Waals surface area (Å²) >= 11 is 1.73. The highest BCUT2D eigenvalue weighted by Crippen LogP contribution is 2.28. The summed E-state index contributed by atoms with van der Waals surface area (Å²) in [6.07, 6.45) is 1.93. The predicted octanol–water partition coefficient (Wildman–Crippen LogP) is 4.57. The standard InChI is InChI=1S/C24H28N4OS/c1-17-9-10-18(2)21(15-17)26-23(29)22(20-7-5-4-6-8-20)27-11-13-28(14-12-27)24-25-16-19(3)30-24/h4-10,15-16,22H,11-14H2,1-3H3,(H,26,29). The molecule has 0 spiro atoms. The lowest BCUT2D eigenvalue weighted by Gasteiger charge is -2.38. The van der Waals surface area contributed by atoms with Gasteiger partial charge >= 0.3 is 0 Å². The van der Waals surface area contributed by atoms with Crippen LogP contribution >= 0.6 is 11.3 Å². The number of carbonyl (C=O) groups is 1. The van der Waals surface area contributed by atoms with E-state index in [0.29, 0.717) is 0 Å². The van der Waals surface area contributed by atoms with Gasteiger partial charge in [-0.3, -0.25) is 9.69 Å². The van der Waals surface area contributed by atoms with Crippen LogP contribution in [0.15, 0.2) is 54.7 Å². The smallest absolute Gasteiger partial charge is 0.246 e. The number of aryl methyl sites for hydroxylation is 3. The molecule has 1 atom stereocenters. The molecular weight excluding hydrogens is 392 g/mol. The van der Waals surface area contributed by atoms with Gasteiger partial charge in [-0.2, -0.15) is 0 Å². The summed E-state index contributed by atoms with van der Waals surface area (Å²) in [5.41, 5.74) is 4.13. The van der Waals surface area contributed by atoms with Crippen LogP contribution in [0.5, 0.6) is 0 Å². The Hall–Kier alpha value is -2.70. The molecule has 4 rings (SSSR count). The van der Waals surface area contributed by atoms with Crippen LogP contribution in [0.2, 0.25) is 0 Å². The largest absolute Gasteiger partial charge is 0.346 e. The Morgan fingerprint density at radius 1 is 1.03 bits per heavy atom. The van der Waals surface area contributed by atoms with E-state index < -0.39 is 0 Å². The summed E-state index contributed by atoms with van der Waals surface area (Å²) in [6.45, 7) is 9.53. The van der Waals surface area contributed by atoms with E-state index in [1.165, 1.54) is 4.88 Å². The molecule has 0 radical (unpaired) electrons. The Morgan fingerprint density at radius 2 is 1.77 bits per heavy atom. The molecule has 2 heterocycles. The number of amides is 1. The van der Waals surface area contributed by atoms with E-state index in [1.54, 1.807) is 11.3 Å². The van der Waals surface area contributed by atoms with Gasteiger partial charge in [-0.15, -0.1) is 11.3 Å². The topological polar surface area (TPSA) is 48.5 Å². The number of nitrogens with zero attached hydrogens (tertiary/aromatic N) is 3. The van der Waals surface area contributed by atoms with E-state index in [-0.39, 0.29) is 11.9 Å². The van der Waals surface area contributed by atoms with E-state index in [0.717, 1.165) is 53.7 Å². The molecule has 1 aliphatic rings. The molecule has 1 aliphatic heterocycles. The zero-order chi connectivity index (χ0) is 21.1. The fourth-order valence-corrected chi connectivity index (χ4v) is 4.71. The molecule has 3 aromatic rings. The Balaban J connectivity index is 1.53. The lowest BCUT2D eigenvalue weighted by Crippen LogP contribution is -2.50. The average molecular weight is 421 g/mol. The molecule has 2 aromatic carbocycles. The van der Waals surface area contributed by atoms with Crippen molar-refractivity contribution in [3.05, 3.63) is 76.3 Å². The lowest BCUT2D eigenvalue weighted by atomic mass is 10.0. The molecule has 1 amide bonds. The van der Waals surface area contributed by atoms with E-state index in [2.05, 4.69) is 39.2 Å².